The number of fused-ring (bicyclic) bond motifs is 2. The highest BCUT2D eigenvalue weighted by Gasteiger charge is 2.31. The Balaban J connectivity index is 1.82. The molecule has 2 N–H and O–H groups in total. The van der Waals surface area contributed by atoms with Crippen LogP contribution in [0, 0.1) is 5.82 Å². The van der Waals surface area contributed by atoms with E-state index in [1.165, 1.54) is 10.8 Å². The molecule has 1 aromatic carbocycles. The highest BCUT2D eigenvalue weighted by Crippen LogP contribution is 2.29. The molecule has 0 bridgehead atoms. The standard InChI is InChI=1S/C19H22FN3O4/c20-15-8-13-16(23(6-7-24)11-14(18(13)25)19(26)27)9-17(15)22-5-4-21-3-1-2-12(21)10-22/h8-9,11-12,24H,1-7,10H2,(H,26,27). The molecule has 0 saturated carbocycles. The van der Waals surface area contributed by atoms with Gasteiger partial charge in [-0.2, -0.15) is 0 Å². The topological polar surface area (TPSA) is 86.0 Å². The Morgan fingerprint density at radius 1 is 1.26 bits per heavy atom. The van der Waals surface area contributed by atoms with Crippen molar-refractivity contribution in [1.82, 2.24) is 9.47 Å². The minimum Gasteiger partial charge on any atom is -0.477 e. The van der Waals surface area contributed by atoms with Gasteiger partial charge in [0.05, 0.1) is 17.8 Å². The highest BCUT2D eigenvalue weighted by atomic mass is 19.1. The normalized spacial score (nSPS) is 20.2. The summed E-state index contributed by atoms with van der Waals surface area (Å²) in [7, 11) is 0. The van der Waals surface area contributed by atoms with E-state index < -0.39 is 22.8 Å². The quantitative estimate of drug-likeness (QED) is 0.833. The number of halogens is 1. The Hall–Kier alpha value is -2.45. The van der Waals surface area contributed by atoms with Gasteiger partial charge in [0.2, 0.25) is 5.43 Å². The van der Waals surface area contributed by atoms with Gasteiger partial charge in [0.25, 0.3) is 0 Å². The van der Waals surface area contributed by atoms with E-state index >= 15 is 0 Å². The summed E-state index contributed by atoms with van der Waals surface area (Å²) in [5.41, 5.74) is -0.284. The van der Waals surface area contributed by atoms with Crippen LogP contribution in [0.15, 0.2) is 23.1 Å². The number of rotatable bonds is 4. The van der Waals surface area contributed by atoms with Crippen LogP contribution in [0.2, 0.25) is 0 Å². The van der Waals surface area contributed by atoms with Crippen LogP contribution >= 0.6 is 0 Å². The number of aliphatic hydroxyl groups excluding tert-OH is 1. The number of carbonyl (C=O) groups is 1. The van der Waals surface area contributed by atoms with Crippen molar-refractivity contribution in [1.29, 1.82) is 0 Å². The fourth-order valence-electron chi connectivity index (χ4n) is 4.30. The Kier molecular flexibility index (Phi) is 4.61. The maximum Gasteiger partial charge on any atom is 0.341 e. The summed E-state index contributed by atoms with van der Waals surface area (Å²) in [5.74, 6) is -1.89. The number of hydrogen-bond donors (Lipinski definition) is 2. The number of hydrogen-bond acceptors (Lipinski definition) is 5. The third-order valence-corrected chi connectivity index (χ3v) is 5.65. The molecule has 8 heteroatoms. The molecule has 1 aromatic heterocycles. The van der Waals surface area contributed by atoms with Gasteiger partial charge in [-0.05, 0) is 31.5 Å². The largest absolute Gasteiger partial charge is 0.477 e. The first-order valence-corrected chi connectivity index (χ1v) is 9.19. The zero-order valence-electron chi connectivity index (χ0n) is 14.9. The van der Waals surface area contributed by atoms with Gasteiger partial charge in [-0.15, -0.1) is 0 Å². The van der Waals surface area contributed by atoms with Gasteiger partial charge in [-0.1, -0.05) is 0 Å². The fourth-order valence-corrected chi connectivity index (χ4v) is 4.30. The number of anilines is 1. The molecule has 144 valence electrons. The van der Waals surface area contributed by atoms with Crippen molar-refractivity contribution in [3.8, 4) is 0 Å². The maximum absolute atomic E-state index is 14.9. The lowest BCUT2D eigenvalue weighted by Gasteiger charge is -2.39. The van der Waals surface area contributed by atoms with E-state index in [1.54, 1.807) is 6.07 Å². The summed E-state index contributed by atoms with van der Waals surface area (Å²) >= 11 is 0. The molecule has 0 aliphatic carbocycles. The van der Waals surface area contributed by atoms with Crippen molar-refractivity contribution in [2.45, 2.75) is 25.4 Å². The number of piperazine rings is 1. The molecule has 0 spiro atoms. The summed E-state index contributed by atoms with van der Waals surface area (Å²) in [5, 5.41) is 18.6. The first-order valence-electron chi connectivity index (χ1n) is 9.19. The number of aliphatic hydroxyl groups is 1. The van der Waals surface area contributed by atoms with E-state index in [2.05, 4.69) is 4.90 Å². The number of pyridine rings is 1. The summed E-state index contributed by atoms with van der Waals surface area (Å²) in [6.45, 7) is 3.31. The smallest absolute Gasteiger partial charge is 0.341 e. The van der Waals surface area contributed by atoms with Gasteiger partial charge in [0.15, 0.2) is 0 Å². The van der Waals surface area contributed by atoms with Gasteiger partial charge < -0.3 is 19.7 Å². The Morgan fingerprint density at radius 2 is 2.07 bits per heavy atom. The predicted molar refractivity (Wildman–Crippen MR) is 99.0 cm³/mol. The first-order chi connectivity index (χ1) is 13.0. The SMILES string of the molecule is O=C(O)c1cn(CCO)c2cc(N3CCN4CCCC4C3)c(F)cc2c1=O. The van der Waals surface area contributed by atoms with Gasteiger partial charge in [0, 0.05) is 43.8 Å². The molecule has 3 heterocycles. The molecule has 2 aliphatic heterocycles. The summed E-state index contributed by atoms with van der Waals surface area (Å²) in [4.78, 5) is 28.2. The molecular weight excluding hydrogens is 353 g/mol. The molecule has 2 aromatic rings. The van der Waals surface area contributed by atoms with Crippen molar-refractivity contribution in [2.24, 2.45) is 0 Å². The van der Waals surface area contributed by atoms with E-state index in [1.807, 2.05) is 4.90 Å². The lowest BCUT2D eigenvalue weighted by molar-refractivity contribution is 0.0694. The summed E-state index contributed by atoms with van der Waals surface area (Å²) in [6.07, 6.45) is 3.48. The molecule has 2 aliphatic rings. The van der Waals surface area contributed by atoms with Crippen LogP contribution in [0.25, 0.3) is 10.9 Å². The third kappa shape index (κ3) is 3.08. The number of benzene rings is 1. The van der Waals surface area contributed by atoms with Gasteiger partial charge in [-0.25, -0.2) is 9.18 Å². The second-order valence-corrected chi connectivity index (χ2v) is 7.19. The van der Waals surface area contributed by atoms with Gasteiger partial charge in [-0.3, -0.25) is 9.69 Å². The van der Waals surface area contributed by atoms with Crippen LogP contribution < -0.4 is 10.3 Å². The zero-order valence-corrected chi connectivity index (χ0v) is 14.9. The van der Waals surface area contributed by atoms with Gasteiger partial charge in [0.1, 0.15) is 11.4 Å². The Bertz CT molecular complexity index is 958. The number of nitrogens with zero attached hydrogens (tertiary/aromatic N) is 3. The van der Waals surface area contributed by atoms with Crippen LogP contribution in [-0.4, -0.2) is 64.5 Å². The lowest BCUT2D eigenvalue weighted by atomic mass is 10.1. The lowest BCUT2D eigenvalue weighted by Crippen LogP contribution is -2.50. The van der Waals surface area contributed by atoms with Crippen molar-refractivity contribution in [2.75, 3.05) is 37.7 Å². The fraction of sp³-hybridized carbons (Fsp3) is 0.474. The Morgan fingerprint density at radius 3 is 2.81 bits per heavy atom. The molecule has 0 amide bonds. The molecule has 2 fully saturated rings. The predicted octanol–water partition coefficient (Wildman–Crippen LogP) is 1.12. The summed E-state index contributed by atoms with van der Waals surface area (Å²) < 4.78 is 16.4. The maximum atomic E-state index is 14.9. The number of carboxylic acids is 1. The number of aromatic carboxylic acids is 1. The number of aromatic nitrogens is 1. The monoisotopic (exact) mass is 375 g/mol. The van der Waals surface area contributed by atoms with Crippen LogP contribution in [0.4, 0.5) is 10.1 Å². The molecule has 7 nitrogen and oxygen atoms in total. The van der Waals surface area contributed by atoms with E-state index in [9.17, 15) is 24.2 Å². The Labute approximate surface area is 155 Å². The molecular formula is C19H22FN3O4. The van der Waals surface area contributed by atoms with Crippen molar-refractivity contribution in [3.63, 3.8) is 0 Å². The molecule has 27 heavy (non-hydrogen) atoms. The minimum absolute atomic E-state index is 0.0177. The van der Waals surface area contributed by atoms with E-state index in [4.69, 9.17) is 0 Å². The van der Waals surface area contributed by atoms with Crippen molar-refractivity contribution >= 4 is 22.6 Å². The molecule has 2 saturated heterocycles. The second-order valence-electron chi connectivity index (χ2n) is 7.19. The van der Waals surface area contributed by atoms with Crippen LogP contribution in [0.3, 0.4) is 0 Å². The van der Waals surface area contributed by atoms with Crippen LogP contribution in [-0.2, 0) is 6.54 Å². The minimum atomic E-state index is -1.37. The third-order valence-electron chi connectivity index (χ3n) is 5.65. The van der Waals surface area contributed by atoms with E-state index in [0.29, 0.717) is 23.8 Å². The number of carboxylic acid groups (broad SMARTS) is 1. The first kappa shape index (κ1) is 17.9. The van der Waals surface area contributed by atoms with Crippen molar-refractivity contribution < 1.29 is 19.4 Å². The van der Waals surface area contributed by atoms with Crippen molar-refractivity contribution in [3.05, 3.63) is 39.9 Å². The van der Waals surface area contributed by atoms with E-state index in [-0.39, 0.29) is 18.5 Å². The average Bonchev–Trinajstić information content (AvgIpc) is 3.11. The highest BCUT2D eigenvalue weighted by molar-refractivity contribution is 5.93. The molecule has 1 unspecified atom stereocenters. The molecule has 0 radical (unpaired) electrons. The second kappa shape index (κ2) is 6.94. The van der Waals surface area contributed by atoms with Crippen LogP contribution in [0.1, 0.15) is 23.2 Å². The zero-order chi connectivity index (χ0) is 19.1. The van der Waals surface area contributed by atoms with Gasteiger partial charge >= 0.3 is 5.97 Å². The summed E-state index contributed by atoms with van der Waals surface area (Å²) in [6, 6.07) is 3.16. The molecule has 1 atom stereocenters. The molecule has 4 rings (SSSR count). The van der Waals surface area contributed by atoms with E-state index in [0.717, 1.165) is 38.5 Å². The van der Waals surface area contributed by atoms with Crippen LogP contribution in [0.5, 0.6) is 0 Å². The average molecular weight is 375 g/mol.